The fourth-order valence-corrected chi connectivity index (χ4v) is 1.80. The van der Waals surface area contributed by atoms with Gasteiger partial charge < -0.3 is 4.90 Å². The Balaban J connectivity index is 4.08. The largest absolute Gasteiger partial charge is 0.342 e. The van der Waals surface area contributed by atoms with Gasteiger partial charge in [-0.3, -0.25) is 4.79 Å². The molecule has 0 unspecified atom stereocenters. The van der Waals surface area contributed by atoms with Gasteiger partial charge >= 0.3 is 0 Å². The van der Waals surface area contributed by atoms with Crippen molar-refractivity contribution in [1.29, 1.82) is 0 Å². The summed E-state index contributed by atoms with van der Waals surface area (Å²) in [5.74, 6) is -0.209. The van der Waals surface area contributed by atoms with Crippen LogP contribution in [-0.2, 0) is 14.8 Å². The van der Waals surface area contributed by atoms with E-state index >= 15 is 0 Å². The van der Waals surface area contributed by atoms with Crippen molar-refractivity contribution in [3.05, 3.63) is 0 Å². The van der Waals surface area contributed by atoms with Crippen LogP contribution in [0.15, 0.2) is 0 Å². The lowest BCUT2D eigenvalue weighted by Gasteiger charge is -2.18. The maximum absolute atomic E-state index is 11.4. The number of rotatable bonds is 6. The van der Waals surface area contributed by atoms with Crippen molar-refractivity contribution in [3.8, 4) is 0 Å². The zero-order valence-corrected chi connectivity index (χ0v) is 10.7. The first-order valence-corrected chi connectivity index (χ1v) is 7.05. The molecule has 84 valence electrons. The Bertz CT molecular complexity index is 275. The molecule has 1 amide bonds. The van der Waals surface area contributed by atoms with Gasteiger partial charge in [-0.2, -0.15) is 0 Å². The lowest BCUT2D eigenvalue weighted by molar-refractivity contribution is -0.129. The lowest BCUT2D eigenvalue weighted by atomic mass is 10.4. The van der Waals surface area contributed by atoms with Gasteiger partial charge in [0.2, 0.25) is 15.9 Å². The SMILES string of the molecule is CCN(CC)C(=O)CNS(=O)(=O)CBr. The first kappa shape index (κ1) is 13.9. The van der Waals surface area contributed by atoms with E-state index in [0.29, 0.717) is 13.1 Å². The van der Waals surface area contributed by atoms with Crippen LogP contribution < -0.4 is 4.72 Å². The van der Waals surface area contributed by atoms with Crippen molar-refractivity contribution in [2.45, 2.75) is 13.8 Å². The molecule has 7 heteroatoms. The molecule has 0 fully saturated rings. The van der Waals surface area contributed by atoms with Crippen LogP contribution in [0.25, 0.3) is 0 Å². The molecule has 0 aromatic heterocycles. The van der Waals surface area contributed by atoms with E-state index in [1.165, 1.54) is 0 Å². The summed E-state index contributed by atoms with van der Waals surface area (Å²) in [6.07, 6.45) is 0. The predicted molar refractivity (Wildman–Crippen MR) is 58.6 cm³/mol. The quantitative estimate of drug-likeness (QED) is 0.706. The van der Waals surface area contributed by atoms with Gasteiger partial charge in [-0.05, 0) is 13.8 Å². The second kappa shape index (κ2) is 6.36. The summed E-state index contributed by atoms with van der Waals surface area (Å²) in [7, 11) is -3.35. The van der Waals surface area contributed by atoms with Gasteiger partial charge in [0.25, 0.3) is 0 Å². The summed E-state index contributed by atoms with van der Waals surface area (Å²) in [5, 5.41) is 0. The maximum Gasteiger partial charge on any atom is 0.237 e. The van der Waals surface area contributed by atoms with E-state index in [2.05, 4.69) is 20.7 Å². The number of hydrogen-bond acceptors (Lipinski definition) is 3. The van der Waals surface area contributed by atoms with E-state index in [4.69, 9.17) is 0 Å². The molecule has 0 saturated carbocycles. The summed E-state index contributed by atoms with van der Waals surface area (Å²) in [4.78, 5) is 12.9. The van der Waals surface area contributed by atoms with Crippen LogP contribution in [0.5, 0.6) is 0 Å². The summed E-state index contributed by atoms with van der Waals surface area (Å²) in [5.41, 5.74) is 0. The number of alkyl halides is 1. The molecular formula is C7H15BrN2O3S. The molecule has 0 heterocycles. The standard InChI is InChI=1S/C7H15BrN2O3S/c1-3-10(4-2)7(11)5-9-14(12,13)6-8/h9H,3-6H2,1-2H3. The molecule has 0 aromatic rings. The Morgan fingerprint density at radius 3 is 2.21 bits per heavy atom. The summed E-state index contributed by atoms with van der Waals surface area (Å²) >= 11 is 2.82. The minimum atomic E-state index is -3.35. The van der Waals surface area contributed by atoms with Crippen molar-refractivity contribution in [2.75, 3.05) is 24.3 Å². The fraction of sp³-hybridized carbons (Fsp3) is 0.857. The molecule has 0 rings (SSSR count). The third-order valence-electron chi connectivity index (χ3n) is 1.70. The number of carbonyl (C=O) groups is 1. The molecule has 0 atom stereocenters. The first-order valence-electron chi connectivity index (χ1n) is 4.27. The predicted octanol–water partition coefficient (Wildman–Crippen LogP) is 0.127. The minimum Gasteiger partial charge on any atom is -0.342 e. The van der Waals surface area contributed by atoms with Crippen molar-refractivity contribution in [2.24, 2.45) is 0 Å². The van der Waals surface area contributed by atoms with Gasteiger partial charge in [0, 0.05) is 13.1 Å². The highest BCUT2D eigenvalue weighted by atomic mass is 79.9. The number of nitrogens with zero attached hydrogens (tertiary/aromatic N) is 1. The van der Waals surface area contributed by atoms with Crippen LogP contribution in [0, 0.1) is 0 Å². The summed E-state index contributed by atoms with van der Waals surface area (Å²) < 4.78 is 24.0. The van der Waals surface area contributed by atoms with Crippen LogP contribution in [0.3, 0.4) is 0 Å². The average Bonchev–Trinajstić information content (AvgIpc) is 2.17. The van der Waals surface area contributed by atoms with Crippen molar-refractivity contribution < 1.29 is 13.2 Å². The molecule has 0 bridgehead atoms. The minimum absolute atomic E-state index is 0.171. The van der Waals surface area contributed by atoms with Crippen LogP contribution >= 0.6 is 15.9 Å². The van der Waals surface area contributed by atoms with E-state index in [1.807, 2.05) is 13.8 Å². The molecule has 0 radical (unpaired) electrons. The Morgan fingerprint density at radius 2 is 1.86 bits per heavy atom. The zero-order chi connectivity index (χ0) is 11.2. The van der Waals surface area contributed by atoms with Crippen LogP contribution in [-0.4, -0.2) is 43.5 Å². The third kappa shape index (κ3) is 4.92. The molecule has 1 N–H and O–H groups in total. The molecule has 0 spiro atoms. The monoisotopic (exact) mass is 286 g/mol. The molecule has 0 aliphatic carbocycles. The van der Waals surface area contributed by atoms with Crippen molar-refractivity contribution >= 4 is 31.9 Å². The second-order valence-corrected chi connectivity index (χ2v) is 5.72. The van der Waals surface area contributed by atoms with E-state index in [-0.39, 0.29) is 17.1 Å². The highest BCUT2D eigenvalue weighted by molar-refractivity contribution is 9.10. The molecule has 0 aliphatic rings. The number of amides is 1. The molecule has 14 heavy (non-hydrogen) atoms. The smallest absolute Gasteiger partial charge is 0.237 e. The lowest BCUT2D eigenvalue weighted by Crippen LogP contribution is -2.40. The second-order valence-electron chi connectivity index (χ2n) is 2.61. The molecule has 0 aliphatic heterocycles. The highest BCUT2D eigenvalue weighted by Crippen LogP contribution is 1.92. The van der Waals surface area contributed by atoms with Gasteiger partial charge in [0.1, 0.15) is 4.66 Å². The Hall–Kier alpha value is -0.140. The van der Waals surface area contributed by atoms with Crippen LogP contribution in [0.1, 0.15) is 13.8 Å². The van der Waals surface area contributed by atoms with Gasteiger partial charge in [0.05, 0.1) is 6.54 Å². The Kier molecular flexibility index (Phi) is 6.30. The Morgan fingerprint density at radius 1 is 1.36 bits per heavy atom. The average molecular weight is 287 g/mol. The summed E-state index contributed by atoms with van der Waals surface area (Å²) in [6, 6.07) is 0. The van der Waals surface area contributed by atoms with Crippen LogP contribution in [0.2, 0.25) is 0 Å². The fourth-order valence-electron chi connectivity index (χ4n) is 0.898. The number of halogens is 1. The van der Waals surface area contributed by atoms with E-state index in [1.54, 1.807) is 4.90 Å². The molecular weight excluding hydrogens is 272 g/mol. The Labute approximate surface area is 93.0 Å². The van der Waals surface area contributed by atoms with E-state index < -0.39 is 10.0 Å². The van der Waals surface area contributed by atoms with Gasteiger partial charge in [-0.15, -0.1) is 0 Å². The number of hydrogen-bond donors (Lipinski definition) is 1. The number of sulfonamides is 1. The topological polar surface area (TPSA) is 66.5 Å². The van der Waals surface area contributed by atoms with Crippen molar-refractivity contribution in [1.82, 2.24) is 9.62 Å². The van der Waals surface area contributed by atoms with Gasteiger partial charge in [-0.1, -0.05) is 15.9 Å². The van der Waals surface area contributed by atoms with Crippen molar-refractivity contribution in [3.63, 3.8) is 0 Å². The van der Waals surface area contributed by atoms with Crippen LogP contribution in [0.4, 0.5) is 0 Å². The molecule has 0 saturated heterocycles. The highest BCUT2D eigenvalue weighted by Gasteiger charge is 2.13. The molecule has 5 nitrogen and oxygen atoms in total. The van der Waals surface area contributed by atoms with E-state index in [0.717, 1.165) is 0 Å². The normalized spacial score (nSPS) is 11.4. The summed E-state index contributed by atoms with van der Waals surface area (Å²) in [6.45, 7) is 4.70. The molecule has 0 aromatic carbocycles. The number of nitrogens with one attached hydrogen (secondary N) is 1. The zero-order valence-electron chi connectivity index (χ0n) is 8.29. The van der Waals surface area contributed by atoms with Gasteiger partial charge in [0.15, 0.2) is 0 Å². The van der Waals surface area contributed by atoms with Gasteiger partial charge in [-0.25, -0.2) is 13.1 Å². The third-order valence-corrected chi connectivity index (χ3v) is 4.38. The maximum atomic E-state index is 11.4. The number of carbonyl (C=O) groups excluding carboxylic acids is 1. The number of likely N-dealkylation sites (N-methyl/N-ethyl adjacent to an activating group) is 1. The van der Waals surface area contributed by atoms with E-state index in [9.17, 15) is 13.2 Å². The first-order chi connectivity index (χ1) is 6.46.